The lowest BCUT2D eigenvalue weighted by molar-refractivity contribution is 0.355. The molecule has 2 aromatic carbocycles. The standard InChI is InChI=1S/C20H19BrN4O2S/c1-4-18-23-19-14-9-16(26-2)17(27-3)10-15(14)22-20(25(19)24-18)28-11-12-5-7-13(21)8-6-12/h5-10H,4,11H2,1-3H3. The van der Waals surface area contributed by atoms with Gasteiger partial charge >= 0.3 is 0 Å². The van der Waals surface area contributed by atoms with E-state index < -0.39 is 0 Å². The van der Waals surface area contributed by atoms with Crippen LogP contribution in [-0.4, -0.2) is 33.8 Å². The lowest BCUT2D eigenvalue weighted by Crippen LogP contribution is -2.00. The van der Waals surface area contributed by atoms with Gasteiger partial charge in [0.15, 0.2) is 28.1 Å². The minimum absolute atomic E-state index is 0.644. The molecule has 4 aromatic rings. The topological polar surface area (TPSA) is 61.5 Å². The summed E-state index contributed by atoms with van der Waals surface area (Å²) in [6.45, 7) is 2.04. The fourth-order valence-corrected chi connectivity index (χ4v) is 4.09. The molecule has 0 unspecified atom stereocenters. The zero-order valence-corrected chi connectivity index (χ0v) is 18.2. The molecular formula is C20H19BrN4O2S. The third kappa shape index (κ3) is 3.54. The van der Waals surface area contributed by atoms with Crippen molar-refractivity contribution < 1.29 is 9.47 Å². The van der Waals surface area contributed by atoms with Gasteiger partial charge in [-0.1, -0.05) is 46.7 Å². The molecule has 0 atom stereocenters. The molecule has 0 aliphatic carbocycles. The van der Waals surface area contributed by atoms with E-state index in [1.165, 1.54) is 5.56 Å². The minimum Gasteiger partial charge on any atom is -0.493 e. The number of thioether (sulfide) groups is 1. The lowest BCUT2D eigenvalue weighted by Gasteiger charge is -2.11. The number of hydrogen-bond donors (Lipinski definition) is 0. The van der Waals surface area contributed by atoms with E-state index in [9.17, 15) is 0 Å². The number of hydrogen-bond acceptors (Lipinski definition) is 6. The van der Waals surface area contributed by atoms with Crippen LogP contribution in [0.1, 0.15) is 18.3 Å². The monoisotopic (exact) mass is 458 g/mol. The van der Waals surface area contributed by atoms with Crippen LogP contribution in [0.25, 0.3) is 16.6 Å². The number of fused-ring (bicyclic) bond motifs is 3. The van der Waals surface area contributed by atoms with Crippen LogP contribution in [0.3, 0.4) is 0 Å². The van der Waals surface area contributed by atoms with E-state index in [4.69, 9.17) is 19.4 Å². The highest BCUT2D eigenvalue weighted by Crippen LogP contribution is 2.34. The molecule has 0 N–H and O–H groups in total. The molecule has 8 heteroatoms. The molecule has 2 aromatic heterocycles. The van der Waals surface area contributed by atoms with Crippen LogP contribution in [0.4, 0.5) is 0 Å². The summed E-state index contributed by atoms with van der Waals surface area (Å²) in [5.41, 5.74) is 2.80. The Kier molecular flexibility index (Phi) is 5.41. The predicted molar refractivity (Wildman–Crippen MR) is 114 cm³/mol. The Bertz CT molecular complexity index is 1140. The number of benzene rings is 2. The molecule has 0 aliphatic heterocycles. The second kappa shape index (κ2) is 7.97. The molecule has 0 saturated carbocycles. The Morgan fingerprint density at radius 2 is 1.75 bits per heavy atom. The smallest absolute Gasteiger partial charge is 0.191 e. The molecule has 0 saturated heterocycles. The van der Waals surface area contributed by atoms with Crippen LogP contribution >= 0.6 is 27.7 Å². The number of halogens is 1. The summed E-state index contributed by atoms with van der Waals surface area (Å²) in [6.07, 6.45) is 0.757. The van der Waals surface area contributed by atoms with Gasteiger partial charge in [-0.15, -0.1) is 5.10 Å². The third-order valence-corrected chi connectivity index (χ3v) is 5.92. The fourth-order valence-electron chi connectivity index (χ4n) is 2.92. The summed E-state index contributed by atoms with van der Waals surface area (Å²) in [6, 6.07) is 12.1. The number of aromatic nitrogens is 4. The Hall–Kier alpha value is -2.32. The zero-order chi connectivity index (χ0) is 19.7. The van der Waals surface area contributed by atoms with Crippen molar-refractivity contribution in [3.05, 3.63) is 52.3 Å². The van der Waals surface area contributed by atoms with Gasteiger partial charge in [0.2, 0.25) is 0 Å². The molecule has 28 heavy (non-hydrogen) atoms. The molecule has 0 radical (unpaired) electrons. The average Bonchev–Trinajstić information content (AvgIpc) is 3.17. The van der Waals surface area contributed by atoms with Crippen LogP contribution < -0.4 is 9.47 Å². The SMILES string of the molecule is CCc1nc2c3cc(OC)c(OC)cc3nc(SCc3ccc(Br)cc3)n2n1. The Balaban J connectivity index is 1.83. The first-order valence-corrected chi connectivity index (χ1v) is 10.6. The quantitative estimate of drug-likeness (QED) is 0.302. The van der Waals surface area contributed by atoms with Crippen molar-refractivity contribution >= 4 is 44.2 Å². The van der Waals surface area contributed by atoms with Crippen molar-refractivity contribution in [1.29, 1.82) is 0 Å². The van der Waals surface area contributed by atoms with Gasteiger partial charge in [0.25, 0.3) is 0 Å². The van der Waals surface area contributed by atoms with Crippen molar-refractivity contribution in [3.8, 4) is 11.5 Å². The van der Waals surface area contributed by atoms with E-state index in [2.05, 4.69) is 33.2 Å². The summed E-state index contributed by atoms with van der Waals surface area (Å²) >= 11 is 5.11. The van der Waals surface area contributed by atoms with Crippen molar-refractivity contribution in [2.75, 3.05) is 14.2 Å². The number of aryl methyl sites for hydroxylation is 1. The highest BCUT2D eigenvalue weighted by atomic mass is 79.9. The summed E-state index contributed by atoms with van der Waals surface area (Å²) < 4.78 is 13.8. The Labute approximate surface area is 175 Å². The van der Waals surface area contributed by atoms with E-state index in [1.54, 1.807) is 26.0 Å². The first-order chi connectivity index (χ1) is 13.6. The highest BCUT2D eigenvalue weighted by Gasteiger charge is 2.16. The normalized spacial score (nSPS) is 11.3. The first-order valence-electron chi connectivity index (χ1n) is 8.81. The number of rotatable bonds is 6. The van der Waals surface area contributed by atoms with Gasteiger partial charge in [0.05, 0.1) is 19.7 Å². The number of methoxy groups -OCH3 is 2. The molecule has 0 spiro atoms. The van der Waals surface area contributed by atoms with Crippen LogP contribution in [0.5, 0.6) is 11.5 Å². The van der Waals surface area contributed by atoms with Gasteiger partial charge in [-0.05, 0) is 23.8 Å². The third-order valence-electron chi connectivity index (χ3n) is 4.39. The number of ether oxygens (including phenoxy) is 2. The molecule has 0 fully saturated rings. The first kappa shape index (κ1) is 19.0. The summed E-state index contributed by atoms with van der Waals surface area (Å²) in [5, 5.41) is 6.33. The zero-order valence-electron chi connectivity index (χ0n) is 15.8. The predicted octanol–water partition coefficient (Wildman–Crippen LogP) is 4.91. The molecule has 0 bridgehead atoms. The van der Waals surface area contributed by atoms with Gasteiger partial charge in [0, 0.05) is 28.1 Å². The van der Waals surface area contributed by atoms with Gasteiger partial charge in [-0.25, -0.2) is 9.97 Å². The van der Waals surface area contributed by atoms with Crippen molar-refractivity contribution in [2.24, 2.45) is 0 Å². The Morgan fingerprint density at radius 1 is 1.04 bits per heavy atom. The highest BCUT2D eigenvalue weighted by molar-refractivity contribution is 9.10. The van der Waals surface area contributed by atoms with E-state index in [-0.39, 0.29) is 0 Å². The molecule has 0 amide bonds. The maximum Gasteiger partial charge on any atom is 0.191 e. The molecule has 0 aliphatic rings. The summed E-state index contributed by atoms with van der Waals surface area (Å²) in [5.74, 6) is 2.87. The summed E-state index contributed by atoms with van der Waals surface area (Å²) in [7, 11) is 3.25. The second-order valence-corrected chi connectivity index (χ2v) is 8.01. The summed E-state index contributed by atoms with van der Waals surface area (Å²) in [4.78, 5) is 9.56. The molecule has 144 valence electrons. The second-order valence-electron chi connectivity index (χ2n) is 6.15. The van der Waals surface area contributed by atoms with Gasteiger partial charge < -0.3 is 9.47 Å². The van der Waals surface area contributed by atoms with Crippen LogP contribution in [0.2, 0.25) is 0 Å². The van der Waals surface area contributed by atoms with Crippen LogP contribution in [0.15, 0.2) is 46.0 Å². The molecule has 2 heterocycles. The maximum absolute atomic E-state index is 5.45. The lowest BCUT2D eigenvalue weighted by atomic mass is 10.2. The van der Waals surface area contributed by atoms with E-state index in [0.29, 0.717) is 11.5 Å². The van der Waals surface area contributed by atoms with E-state index in [0.717, 1.165) is 44.2 Å². The van der Waals surface area contributed by atoms with Crippen molar-refractivity contribution in [3.63, 3.8) is 0 Å². The van der Waals surface area contributed by atoms with Gasteiger partial charge in [-0.3, -0.25) is 0 Å². The van der Waals surface area contributed by atoms with Crippen LogP contribution in [-0.2, 0) is 12.2 Å². The molecular weight excluding hydrogens is 440 g/mol. The van der Waals surface area contributed by atoms with Crippen LogP contribution in [0, 0.1) is 0 Å². The Morgan fingerprint density at radius 3 is 2.43 bits per heavy atom. The molecule has 4 rings (SSSR count). The number of nitrogens with zero attached hydrogens (tertiary/aromatic N) is 4. The molecule has 6 nitrogen and oxygen atoms in total. The largest absolute Gasteiger partial charge is 0.493 e. The van der Waals surface area contributed by atoms with E-state index >= 15 is 0 Å². The fraction of sp³-hybridized carbons (Fsp3) is 0.250. The average molecular weight is 459 g/mol. The minimum atomic E-state index is 0.644. The van der Waals surface area contributed by atoms with E-state index in [1.807, 2.05) is 35.7 Å². The van der Waals surface area contributed by atoms with Gasteiger partial charge in [-0.2, -0.15) is 4.52 Å². The van der Waals surface area contributed by atoms with Crippen molar-refractivity contribution in [2.45, 2.75) is 24.3 Å². The van der Waals surface area contributed by atoms with Crippen molar-refractivity contribution in [1.82, 2.24) is 19.6 Å². The maximum atomic E-state index is 5.45. The van der Waals surface area contributed by atoms with Gasteiger partial charge in [0.1, 0.15) is 0 Å².